The molecule has 92 valence electrons. The molecule has 0 atom stereocenters. The number of aliphatic carboxylic acids is 1. The highest BCUT2D eigenvalue weighted by atomic mass is 16.4. The van der Waals surface area contributed by atoms with Crippen molar-refractivity contribution in [1.29, 1.82) is 5.26 Å². The Morgan fingerprint density at radius 2 is 1.88 bits per heavy atom. The first kappa shape index (κ1) is 17.1. The van der Waals surface area contributed by atoms with Crippen molar-refractivity contribution in [3.63, 3.8) is 0 Å². The van der Waals surface area contributed by atoms with Crippen LogP contribution in [0.5, 0.6) is 0 Å². The molecule has 0 aromatic carbocycles. The van der Waals surface area contributed by atoms with Gasteiger partial charge in [-0.05, 0) is 26.7 Å². The van der Waals surface area contributed by atoms with Gasteiger partial charge in [0, 0.05) is 18.0 Å². The number of carboxylic acids is 1. The van der Waals surface area contributed by atoms with Crippen LogP contribution in [0.15, 0.2) is 11.6 Å². The molecule has 0 heterocycles. The first-order chi connectivity index (χ1) is 7.06. The number of carbonyl (C=O) groups excluding carboxylic acids is 1. The molecular weight excluding hydrogens is 204 g/mol. The summed E-state index contributed by atoms with van der Waals surface area (Å²) in [4.78, 5) is 10.0. The number of hydrogen-bond donors (Lipinski definition) is 1. The lowest BCUT2D eigenvalue weighted by Gasteiger charge is -2.01. The van der Waals surface area contributed by atoms with E-state index in [9.17, 15) is 9.90 Å². The highest BCUT2D eigenvalue weighted by Crippen LogP contribution is 2.04. The molecule has 4 heteroatoms. The fraction of sp³-hybridized carbons (Fsp3) is 0.667. The number of nitrogens with zero attached hydrogens (tertiary/aromatic N) is 1. The molecule has 0 rings (SSSR count). The first-order valence-corrected chi connectivity index (χ1v) is 5.22. The molecule has 0 saturated carbocycles. The highest BCUT2D eigenvalue weighted by Gasteiger charge is 2.00. The number of nitriles is 1. The van der Waals surface area contributed by atoms with Gasteiger partial charge in [-0.1, -0.05) is 19.9 Å². The minimum Gasteiger partial charge on any atom is -0.550 e. The Hall–Kier alpha value is -1.34. The van der Waals surface area contributed by atoms with Crippen molar-refractivity contribution in [3.05, 3.63) is 11.6 Å². The number of carbonyl (C=O) groups is 1. The van der Waals surface area contributed by atoms with Gasteiger partial charge in [0.15, 0.2) is 0 Å². The standard InChI is InChI=1S/C8H11NO2.C4H11N/c1-6(2)3-7(5-9)4-8(10)11;1-4(2,3)5/h3,6H,4H2,1-2H3,(H,10,11);5H2,1-3H3/b7-3+;. The van der Waals surface area contributed by atoms with Gasteiger partial charge in [0.25, 0.3) is 0 Å². The van der Waals surface area contributed by atoms with Crippen LogP contribution in [-0.4, -0.2) is 11.5 Å². The highest BCUT2D eigenvalue weighted by molar-refractivity contribution is 5.69. The maximum atomic E-state index is 10.0. The minimum absolute atomic E-state index is 0.198. The second kappa shape index (κ2) is 7.89. The van der Waals surface area contributed by atoms with E-state index in [0.717, 1.165) is 0 Å². The summed E-state index contributed by atoms with van der Waals surface area (Å²) in [7, 11) is 0. The smallest absolute Gasteiger partial charge is 0.0947 e. The average Bonchev–Trinajstić information content (AvgIpc) is 1.97. The molecule has 0 unspecified atom stereocenters. The van der Waals surface area contributed by atoms with Crippen LogP contribution in [0.2, 0.25) is 0 Å². The molecule has 0 bridgehead atoms. The number of quaternary nitrogens is 1. The van der Waals surface area contributed by atoms with Crippen LogP contribution in [0.25, 0.3) is 0 Å². The van der Waals surface area contributed by atoms with E-state index in [1.807, 2.05) is 13.8 Å². The molecule has 16 heavy (non-hydrogen) atoms. The van der Waals surface area contributed by atoms with Gasteiger partial charge < -0.3 is 15.6 Å². The Kier molecular flexibility index (Phi) is 8.41. The quantitative estimate of drug-likeness (QED) is 0.700. The van der Waals surface area contributed by atoms with Crippen LogP contribution < -0.4 is 10.8 Å². The van der Waals surface area contributed by atoms with E-state index >= 15 is 0 Å². The van der Waals surface area contributed by atoms with Gasteiger partial charge >= 0.3 is 0 Å². The summed E-state index contributed by atoms with van der Waals surface area (Å²) in [6.07, 6.45) is 1.34. The zero-order valence-electron chi connectivity index (χ0n) is 10.8. The molecule has 0 saturated heterocycles. The van der Waals surface area contributed by atoms with Crippen LogP contribution in [-0.2, 0) is 4.79 Å². The second-order valence-electron chi connectivity index (χ2n) is 5.16. The van der Waals surface area contributed by atoms with Crippen molar-refractivity contribution in [3.8, 4) is 6.07 Å². The largest absolute Gasteiger partial charge is 0.550 e. The molecule has 0 amide bonds. The fourth-order valence-electron chi connectivity index (χ4n) is 0.694. The lowest BCUT2D eigenvalue weighted by Crippen LogP contribution is -2.67. The Balaban J connectivity index is 0. The summed E-state index contributed by atoms with van der Waals surface area (Å²) in [6.45, 7) is 9.99. The monoisotopic (exact) mass is 226 g/mol. The number of carboxylic acid groups (broad SMARTS) is 1. The molecule has 0 radical (unpaired) electrons. The zero-order chi connectivity index (χ0) is 13.4. The third kappa shape index (κ3) is 23.0. The van der Waals surface area contributed by atoms with E-state index in [1.165, 1.54) is 0 Å². The van der Waals surface area contributed by atoms with Gasteiger partial charge in [-0.15, -0.1) is 0 Å². The molecule has 0 aliphatic rings. The summed E-state index contributed by atoms with van der Waals surface area (Å²) in [5.74, 6) is -1.01. The minimum atomic E-state index is -1.21. The normalized spacial score (nSPS) is 11.5. The van der Waals surface area contributed by atoms with Gasteiger partial charge in [0.1, 0.15) is 0 Å². The second-order valence-corrected chi connectivity index (χ2v) is 5.16. The van der Waals surface area contributed by atoms with Crippen LogP contribution in [0.3, 0.4) is 0 Å². The van der Waals surface area contributed by atoms with Crippen LogP contribution >= 0.6 is 0 Å². The fourth-order valence-corrected chi connectivity index (χ4v) is 0.694. The van der Waals surface area contributed by atoms with Crippen molar-refractivity contribution in [2.45, 2.75) is 46.6 Å². The van der Waals surface area contributed by atoms with Crippen LogP contribution in [0.1, 0.15) is 41.0 Å². The maximum Gasteiger partial charge on any atom is 0.0947 e. The average molecular weight is 226 g/mol. The van der Waals surface area contributed by atoms with E-state index in [2.05, 4.69) is 26.5 Å². The molecule has 0 aliphatic carbocycles. The molecule has 0 aliphatic heterocycles. The van der Waals surface area contributed by atoms with Crippen molar-refractivity contribution in [2.24, 2.45) is 5.92 Å². The van der Waals surface area contributed by atoms with Crippen LogP contribution in [0.4, 0.5) is 0 Å². The lowest BCUT2D eigenvalue weighted by molar-refractivity contribution is -0.458. The van der Waals surface area contributed by atoms with Gasteiger partial charge in [0.2, 0.25) is 0 Å². The summed E-state index contributed by atoms with van der Waals surface area (Å²) < 4.78 is 0. The Morgan fingerprint density at radius 3 is 2.06 bits per heavy atom. The zero-order valence-corrected chi connectivity index (χ0v) is 10.8. The molecule has 0 aromatic rings. The molecule has 3 N–H and O–H groups in total. The predicted molar refractivity (Wildman–Crippen MR) is 60.8 cm³/mol. The third-order valence-corrected chi connectivity index (χ3v) is 1.01. The number of allylic oxidation sites excluding steroid dienone is 1. The van der Waals surface area contributed by atoms with E-state index in [4.69, 9.17) is 5.26 Å². The SMILES string of the molecule is CC(C)(C)[NH3+].CC(C)/C=C(/C#N)CC(=O)[O-]. The predicted octanol–water partition coefficient (Wildman–Crippen LogP) is 0.259. The van der Waals surface area contributed by atoms with Crippen molar-refractivity contribution in [1.82, 2.24) is 0 Å². The number of hydrogen-bond acceptors (Lipinski definition) is 3. The lowest BCUT2D eigenvalue weighted by atomic mass is 10.1. The topological polar surface area (TPSA) is 91.6 Å². The van der Waals surface area contributed by atoms with Gasteiger partial charge in [0.05, 0.1) is 11.6 Å². The van der Waals surface area contributed by atoms with E-state index in [1.54, 1.807) is 12.1 Å². The van der Waals surface area contributed by atoms with E-state index < -0.39 is 5.97 Å². The van der Waals surface area contributed by atoms with Crippen molar-refractivity contribution < 1.29 is 15.6 Å². The Labute approximate surface area is 97.8 Å². The summed E-state index contributed by atoms with van der Waals surface area (Å²) >= 11 is 0. The summed E-state index contributed by atoms with van der Waals surface area (Å²) in [5, 5.41) is 18.5. The van der Waals surface area contributed by atoms with Crippen LogP contribution in [0, 0.1) is 17.2 Å². The summed E-state index contributed by atoms with van der Waals surface area (Å²) in [6, 6.07) is 1.80. The molecule has 0 spiro atoms. The van der Waals surface area contributed by atoms with Crippen molar-refractivity contribution >= 4 is 5.97 Å². The van der Waals surface area contributed by atoms with E-state index in [-0.39, 0.29) is 23.5 Å². The molecule has 4 nitrogen and oxygen atoms in total. The molecular formula is C12H22N2O2. The molecule has 0 aromatic heterocycles. The van der Waals surface area contributed by atoms with Crippen molar-refractivity contribution in [2.75, 3.05) is 0 Å². The molecule has 0 fully saturated rings. The van der Waals surface area contributed by atoms with Gasteiger partial charge in [-0.3, -0.25) is 0 Å². The Bertz CT molecular complexity index is 274. The van der Waals surface area contributed by atoms with Gasteiger partial charge in [-0.2, -0.15) is 5.26 Å². The van der Waals surface area contributed by atoms with Gasteiger partial charge in [-0.25, -0.2) is 0 Å². The number of rotatable bonds is 3. The maximum absolute atomic E-state index is 10.0. The van der Waals surface area contributed by atoms with E-state index in [0.29, 0.717) is 0 Å². The third-order valence-electron chi connectivity index (χ3n) is 1.01. The Morgan fingerprint density at radius 1 is 1.50 bits per heavy atom. The first-order valence-electron chi connectivity index (χ1n) is 5.22. The summed E-state index contributed by atoms with van der Waals surface area (Å²) in [5.41, 5.74) is 4.28.